The van der Waals surface area contributed by atoms with Gasteiger partial charge >= 0.3 is 11.9 Å². The molecule has 21 heteroatoms. The van der Waals surface area contributed by atoms with Crippen LogP contribution in [0.15, 0.2) is 62.5 Å². The van der Waals surface area contributed by atoms with E-state index in [1.807, 2.05) is 36.1 Å². The van der Waals surface area contributed by atoms with Crippen molar-refractivity contribution < 1.29 is 38.8 Å². The van der Waals surface area contributed by atoms with Crippen molar-refractivity contribution >= 4 is 81.0 Å². The van der Waals surface area contributed by atoms with E-state index in [0.29, 0.717) is 15.2 Å². The molecule has 0 spiro atoms. The monoisotopic (exact) mass is 729 g/mol. The van der Waals surface area contributed by atoms with Crippen LogP contribution in [0.2, 0.25) is 0 Å². The number of oxime groups is 1. The maximum absolute atomic E-state index is 13.3. The highest BCUT2D eigenvalue weighted by Gasteiger charge is 2.54. The van der Waals surface area contributed by atoms with Gasteiger partial charge in [-0.1, -0.05) is 16.9 Å². The summed E-state index contributed by atoms with van der Waals surface area (Å²) in [5.74, 6) is -3.61. The first-order valence-corrected chi connectivity index (χ1v) is 17.3. The molecule has 1 saturated heterocycles. The number of pyridine rings is 1. The van der Waals surface area contributed by atoms with Gasteiger partial charge in [0.25, 0.3) is 11.8 Å². The quantitative estimate of drug-likeness (QED) is 0.0739. The molecule has 0 saturated carbocycles. The molecule has 2 aliphatic heterocycles. The summed E-state index contributed by atoms with van der Waals surface area (Å²) in [5.41, 5.74) is 4.97. The summed E-state index contributed by atoms with van der Waals surface area (Å²) in [4.78, 5) is 70.2. The molecule has 248 valence electrons. The molecule has 5 N–H and O–H groups in total. The maximum atomic E-state index is 13.3. The number of carboxylic acids is 2. The molecular weight excluding hydrogens is 705 g/mol. The zero-order chi connectivity index (χ0) is 34.3. The lowest BCUT2D eigenvalue weighted by Gasteiger charge is -2.49. The number of anilines is 1. The Labute approximate surface area is 287 Å². The number of aromatic nitrogens is 6. The molecule has 2 aliphatic rings. The highest BCUT2D eigenvalue weighted by molar-refractivity contribution is 8.07. The van der Waals surface area contributed by atoms with E-state index >= 15 is 0 Å². The molecule has 2 atom stereocenters. The minimum atomic E-state index is -1.78. The molecule has 0 aromatic carbocycles. The number of imidazole rings is 1. The number of nitrogen functional groups attached to an aromatic ring is 1. The summed E-state index contributed by atoms with van der Waals surface area (Å²) in [7, 11) is 1.91. The van der Waals surface area contributed by atoms with Crippen LogP contribution >= 0.6 is 46.4 Å². The van der Waals surface area contributed by atoms with Gasteiger partial charge in [0, 0.05) is 28.3 Å². The number of aryl methyl sites for hydroxylation is 1. The molecule has 0 aliphatic carbocycles. The summed E-state index contributed by atoms with van der Waals surface area (Å²) in [6, 6.07) is 2.74. The van der Waals surface area contributed by atoms with Gasteiger partial charge < -0.3 is 26.1 Å². The van der Waals surface area contributed by atoms with Crippen molar-refractivity contribution in [1.29, 1.82) is 0 Å². The van der Waals surface area contributed by atoms with Crippen molar-refractivity contribution in [2.24, 2.45) is 12.2 Å². The van der Waals surface area contributed by atoms with E-state index in [4.69, 9.17) is 10.6 Å². The average molecular weight is 730 g/mol. The average Bonchev–Trinajstić information content (AvgIpc) is 3.81. The van der Waals surface area contributed by atoms with Crippen LogP contribution in [0, 0.1) is 0 Å². The van der Waals surface area contributed by atoms with Crippen LogP contribution in [0.1, 0.15) is 19.5 Å². The number of carbonyl (C=O) groups is 4. The first kappa shape index (κ1) is 33.1. The van der Waals surface area contributed by atoms with Gasteiger partial charge in [0.1, 0.15) is 36.2 Å². The van der Waals surface area contributed by atoms with Gasteiger partial charge in [-0.15, -0.1) is 23.1 Å². The molecule has 1 unspecified atom stereocenters. The summed E-state index contributed by atoms with van der Waals surface area (Å²) in [6.07, 6.45) is 7.23. The van der Waals surface area contributed by atoms with Gasteiger partial charge in [-0.05, 0) is 31.4 Å². The summed E-state index contributed by atoms with van der Waals surface area (Å²) >= 11 is 4.45. The highest BCUT2D eigenvalue weighted by Crippen LogP contribution is 2.45. The lowest BCUT2D eigenvalue weighted by atomic mass is 10.0. The van der Waals surface area contributed by atoms with Crippen LogP contribution in [0.3, 0.4) is 0 Å². The number of hydrogen-bond acceptors (Lipinski definition) is 15. The lowest BCUT2D eigenvalue weighted by Crippen LogP contribution is -2.71. The molecule has 17 nitrogen and oxygen atoms in total. The van der Waals surface area contributed by atoms with Gasteiger partial charge in [-0.3, -0.25) is 19.1 Å². The van der Waals surface area contributed by atoms with E-state index in [-0.39, 0.29) is 22.3 Å². The number of fused-ring (bicyclic) bond motifs is 1. The molecule has 1 fully saturated rings. The third-order valence-electron chi connectivity index (χ3n) is 6.94. The number of rotatable bonds is 11. The Hall–Kier alpha value is -4.86. The number of thiazole rings is 1. The summed E-state index contributed by atoms with van der Waals surface area (Å²) < 4.78 is 8.43. The van der Waals surface area contributed by atoms with Crippen LogP contribution in [0.5, 0.6) is 0 Å². The molecule has 0 radical (unpaired) electrons. The second-order valence-electron chi connectivity index (χ2n) is 10.7. The number of aliphatic carboxylic acids is 2. The number of nitrogens with zero attached hydrogens (tertiary/aromatic N) is 8. The van der Waals surface area contributed by atoms with Crippen LogP contribution in [-0.2, 0) is 31.1 Å². The smallest absolute Gasteiger partial charge is 0.353 e. The van der Waals surface area contributed by atoms with Gasteiger partial charge in [0.15, 0.2) is 27.6 Å². The number of amides is 2. The minimum Gasteiger partial charge on any atom is -0.478 e. The van der Waals surface area contributed by atoms with Crippen molar-refractivity contribution in [1.82, 2.24) is 34.1 Å². The minimum absolute atomic E-state index is 0.0124. The largest absolute Gasteiger partial charge is 0.478 e. The standard InChI is InChI=1S/C27H24N10O7S4/c1-27(2,23(42)43)44-33-16(14-9-46-24(28)30-14)19(38)31-17-20(39)37-18(22(40)41)15(10-45-21(17)37)47-26-32-25(34-48-26)36-8-13(29-11-36)12-5-4-6-35(3)7-12/h4-9,11,17,21H,10H2,1-3H3,(H4-,28,30,31,38,40,41,42,43)/p+1/b33-16-/t17-,21?/m1/s1. The number of nitrogens with two attached hydrogens (primary N) is 1. The zero-order valence-corrected chi connectivity index (χ0v) is 28.4. The number of hydrogen-bond donors (Lipinski definition) is 4. The van der Waals surface area contributed by atoms with Crippen LogP contribution in [-0.4, -0.2) is 91.2 Å². The van der Waals surface area contributed by atoms with E-state index in [0.717, 1.165) is 50.8 Å². The van der Waals surface area contributed by atoms with E-state index in [1.165, 1.54) is 31.0 Å². The Bertz CT molecular complexity index is 2020. The Morgan fingerprint density at radius 1 is 1.27 bits per heavy atom. The van der Waals surface area contributed by atoms with Crippen LogP contribution in [0.4, 0.5) is 5.13 Å². The molecule has 2 amide bonds. The maximum Gasteiger partial charge on any atom is 0.353 e. The van der Waals surface area contributed by atoms with E-state index in [2.05, 4.69) is 29.8 Å². The molecule has 4 aromatic rings. The lowest BCUT2D eigenvalue weighted by molar-refractivity contribution is -0.671. The van der Waals surface area contributed by atoms with Crippen LogP contribution < -0.4 is 15.6 Å². The molecule has 48 heavy (non-hydrogen) atoms. The van der Waals surface area contributed by atoms with Crippen molar-refractivity contribution in [2.45, 2.75) is 35.2 Å². The van der Waals surface area contributed by atoms with E-state index in [9.17, 15) is 29.4 Å². The molecular formula is C27H25N10O7S4+. The molecule has 0 bridgehead atoms. The topological polar surface area (TPSA) is 232 Å². The van der Waals surface area contributed by atoms with Crippen LogP contribution in [0.25, 0.3) is 17.2 Å². The Balaban J connectivity index is 1.18. The molecule has 6 heterocycles. The fourth-order valence-corrected chi connectivity index (χ4v) is 8.24. The Kier molecular flexibility index (Phi) is 8.94. The third kappa shape index (κ3) is 6.48. The number of thioether (sulfide) groups is 2. The van der Waals surface area contributed by atoms with Gasteiger partial charge in [0.05, 0.1) is 11.3 Å². The second-order valence-corrected chi connectivity index (χ2v) is 14.8. The van der Waals surface area contributed by atoms with E-state index in [1.54, 1.807) is 17.1 Å². The summed E-state index contributed by atoms with van der Waals surface area (Å²) in [5, 5.41) is 26.6. The highest BCUT2D eigenvalue weighted by atomic mass is 32.2. The first-order valence-electron chi connectivity index (χ1n) is 13.8. The van der Waals surface area contributed by atoms with Crippen molar-refractivity contribution in [2.75, 3.05) is 11.5 Å². The Morgan fingerprint density at radius 2 is 2.06 bits per heavy atom. The van der Waals surface area contributed by atoms with Crippen molar-refractivity contribution in [3.63, 3.8) is 0 Å². The fraction of sp³-hybridized carbons (Fsp3) is 0.259. The first-order chi connectivity index (χ1) is 22.8. The number of carboxylic acid groups (broad SMARTS) is 2. The van der Waals surface area contributed by atoms with Gasteiger partial charge in [-0.25, -0.2) is 24.1 Å². The van der Waals surface area contributed by atoms with Crippen molar-refractivity contribution in [3.8, 4) is 17.2 Å². The Morgan fingerprint density at radius 3 is 2.75 bits per heavy atom. The van der Waals surface area contributed by atoms with Gasteiger partial charge in [0.2, 0.25) is 11.5 Å². The third-order valence-corrected chi connectivity index (χ3v) is 10.9. The fourth-order valence-electron chi connectivity index (χ4n) is 4.45. The van der Waals surface area contributed by atoms with Gasteiger partial charge in [-0.2, -0.15) is 9.36 Å². The number of nitrogens with one attached hydrogen (secondary N) is 1. The predicted octanol–water partition coefficient (Wildman–Crippen LogP) is 1.33. The predicted molar refractivity (Wildman–Crippen MR) is 175 cm³/mol. The zero-order valence-electron chi connectivity index (χ0n) is 25.1. The second kappa shape index (κ2) is 13.0. The number of β-lactam (4-membered cyclic amide) rings is 1. The molecule has 6 rings (SSSR count). The SMILES string of the molecule is C[n+]1cccc(-c2cn(-c3nsc(SC4=C(C(=O)O)N5C(=O)[C@@H](NC(=O)/C(=N\OC(C)(C)C(=O)O)c6csc(N)n6)C5SC4)n3)cn2)c1. The normalized spacial score (nSPS) is 17.9. The van der Waals surface area contributed by atoms with Crippen molar-refractivity contribution in [3.05, 3.63) is 58.7 Å². The molecule has 4 aromatic heterocycles. The number of carbonyl (C=O) groups excluding carboxylic acids is 2. The van der Waals surface area contributed by atoms with E-state index < -0.39 is 46.5 Å². The summed E-state index contributed by atoms with van der Waals surface area (Å²) in [6.45, 7) is 2.49.